The predicted octanol–water partition coefficient (Wildman–Crippen LogP) is 7.67. The second-order valence-corrected chi connectivity index (χ2v) is 8.05. The van der Waals surface area contributed by atoms with Crippen LogP contribution in [0.25, 0.3) is 0 Å². The molecule has 4 nitrogen and oxygen atoms in total. The number of allylic oxidation sites excluding steroid dienone is 1. The van der Waals surface area contributed by atoms with E-state index in [4.69, 9.17) is 9.47 Å². The molecular weight excluding hydrogens is 400 g/mol. The van der Waals surface area contributed by atoms with Crippen LogP contribution in [0.1, 0.15) is 97.9 Å². The van der Waals surface area contributed by atoms with Gasteiger partial charge in [-0.3, -0.25) is 0 Å². The maximum absolute atomic E-state index is 12.4. The summed E-state index contributed by atoms with van der Waals surface area (Å²) in [5.41, 5.74) is 2.15. The molecule has 0 saturated heterocycles. The Kier molecular flexibility index (Phi) is 11.9. The lowest BCUT2D eigenvalue weighted by Gasteiger charge is -2.06. The van der Waals surface area contributed by atoms with Crippen molar-refractivity contribution in [1.82, 2.24) is 0 Å². The van der Waals surface area contributed by atoms with Crippen molar-refractivity contribution in [3.63, 3.8) is 0 Å². The number of unbranched alkanes of at least 4 members (excludes halogenated alkanes) is 7. The Hall–Kier alpha value is -2.88. The number of hydrogen-bond donors (Lipinski definition) is 0. The van der Waals surface area contributed by atoms with Crippen LogP contribution in [0.2, 0.25) is 0 Å². The molecule has 0 aliphatic carbocycles. The summed E-state index contributed by atoms with van der Waals surface area (Å²) < 4.78 is 10.6. The van der Waals surface area contributed by atoms with Gasteiger partial charge in [-0.25, -0.2) is 9.59 Å². The number of carbonyl (C=O) groups excluding carboxylic acids is 2. The van der Waals surface area contributed by atoms with Crippen LogP contribution in [0.3, 0.4) is 0 Å². The number of ether oxygens (including phenoxy) is 2. The van der Waals surface area contributed by atoms with Crippen molar-refractivity contribution in [1.29, 1.82) is 0 Å². The van der Waals surface area contributed by atoms with Gasteiger partial charge in [0.25, 0.3) is 0 Å². The standard InChI is InChI=1S/C28H36O4/c1-3-5-7-9-10-12-22-31-27(29)24-18-20-26(21-19-24)32-28(30)25-16-14-23(15-17-25)13-11-8-6-4-2/h12,14-22H,3-11,13H2,1-2H3. The molecule has 0 aliphatic heterocycles. The minimum absolute atomic E-state index is 0.390. The van der Waals surface area contributed by atoms with Crippen LogP contribution in [0.5, 0.6) is 5.75 Å². The zero-order valence-electron chi connectivity index (χ0n) is 19.5. The monoisotopic (exact) mass is 436 g/mol. The Morgan fingerprint density at radius 3 is 1.97 bits per heavy atom. The maximum atomic E-state index is 12.4. The molecule has 0 fully saturated rings. The van der Waals surface area contributed by atoms with Crippen molar-refractivity contribution >= 4 is 11.9 Å². The molecule has 2 aromatic carbocycles. The van der Waals surface area contributed by atoms with Gasteiger partial charge in [-0.1, -0.05) is 64.5 Å². The molecule has 0 unspecified atom stereocenters. The Bertz CT molecular complexity index is 835. The molecule has 0 radical (unpaired) electrons. The highest BCUT2D eigenvalue weighted by Gasteiger charge is 2.10. The molecule has 0 bridgehead atoms. The lowest BCUT2D eigenvalue weighted by Crippen LogP contribution is -2.09. The van der Waals surface area contributed by atoms with E-state index in [9.17, 15) is 9.59 Å². The van der Waals surface area contributed by atoms with E-state index < -0.39 is 11.9 Å². The summed E-state index contributed by atoms with van der Waals surface area (Å²) in [6.45, 7) is 4.38. The lowest BCUT2D eigenvalue weighted by molar-refractivity contribution is 0.0662. The summed E-state index contributed by atoms with van der Waals surface area (Å²) >= 11 is 0. The van der Waals surface area contributed by atoms with Crippen LogP contribution in [0, 0.1) is 0 Å². The second kappa shape index (κ2) is 15.0. The average molecular weight is 437 g/mol. The zero-order valence-corrected chi connectivity index (χ0v) is 19.5. The minimum Gasteiger partial charge on any atom is -0.431 e. The Balaban J connectivity index is 1.78. The molecule has 0 saturated carbocycles. The predicted molar refractivity (Wildman–Crippen MR) is 129 cm³/mol. The molecule has 0 N–H and O–H groups in total. The summed E-state index contributed by atoms with van der Waals surface area (Å²) in [5, 5.41) is 0. The Morgan fingerprint density at radius 2 is 1.31 bits per heavy atom. The lowest BCUT2D eigenvalue weighted by atomic mass is 10.0. The third-order valence-corrected chi connectivity index (χ3v) is 5.30. The smallest absolute Gasteiger partial charge is 0.343 e. The van der Waals surface area contributed by atoms with Crippen LogP contribution < -0.4 is 4.74 Å². The van der Waals surface area contributed by atoms with Gasteiger partial charge in [0, 0.05) is 0 Å². The quantitative estimate of drug-likeness (QED) is 0.132. The minimum atomic E-state index is -0.429. The van der Waals surface area contributed by atoms with Crippen molar-refractivity contribution in [3.05, 3.63) is 77.6 Å². The summed E-state index contributed by atoms with van der Waals surface area (Å²) in [6, 6.07) is 14.0. The number of aryl methyl sites for hydroxylation is 1. The van der Waals surface area contributed by atoms with Crippen LogP contribution >= 0.6 is 0 Å². The van der Waals surface area contributed by atoms with Crippen LogP contribution in [0.15, 0.2) is 60.9 Å². The van der Waals surface area contributed by atoms with E-state index >= 15 is 0 Å². The first kappa shape index (κ1) is 25.4. The number of rotatable bonds is 14. The molecule has 0 amide bonds. The highest BCUT2D eigenvalue weighted by Crippen LogP contribution is 2.16. The van der Waals surface area contributed by atoms with E-state index in [0.29, 0.717) is 16.9 Å². The molecule has 172 valence electrons. The summed E-state index contributed by atoms with van der Waals surface area (Å²) in [7, 11) is 0. The van der Waals surface area contributed by atoms with Gasteiger partial charge in [-0.05, 0) is 73.7 Å². The van der Waals surface area contributed by atoms with Gasteiger partial charge in [0.1, 0.15) is 5.75 Å². The molecule has 32 heavy (non-hydrogen) atoms. The van der Waals surface area contributed by atoms with Crippen molar-refractivity contribution in [3.8, 4) is 5.75 Å². The van der Waals surface area contributed by atoms with E-state index in [1.165, 1.54) is 56.8 Å². The van der Waals surface area contributed by atoms with E-state index in [1.54, 1.807) is 36.4 Å². The van der Waals surface area contributed by atoms with Crippen molar-refractivity contribution in [2.45, 2.75) is 78.1 Å². The fourth-order valence-electron chi connectivity index (χ4n) is 3.32. The molecule has 0 aliphatic rings. The third kappa shape index (κ3) is 9.51. The van der Waals surface area contributed by atoms with Crippen molar-refractivity contribution < 1.29 is 19.1 Å². The highest BCUT2D eigenvalue weighted by molar-refractivity contribution is 5.92. The van der Waals surface area contributed by atoms with Gasteiger partial charge < -0.3 is 9.47 Å². The van der Waals surface area contributed by atoms with Crippen molar-refractivity contribution in [2.24, 2.45) is 0 Å². The highest BCUT2D eigenvalue weighted by atomic mass is 16.5. The zero-order chi connectivity index (χ0) is 23.0. The SMILES string of the molecule is CCCCCCC=COC(=O)c1ccc(OC(=O)c2ccc(CCCCCC)cc2)cc1. The van der Waals surface area contributed by atoms with E-state index in [2.05, 4.69) is 13.8 Å². The van der Waals surface area contributed by atoms with Crippen LogP contribution in [-0.2, 0) is 11.2 Å². The molecule has 2 rings (SSSR count). The average Bonchev–Trinajstić information content (AvgIpc) is 2.82. The molecule has 0 aromatic heterocycles. The topological polar surface area (TPSA) is 52.6 Å². The number of carbonyl (C=O) groups is 2. The normalized spacial score (nSPS) is 10.9. The van der Waals surface area contributed by atoms with E-state index in [0.717, 1.165) is 19.3 Å². The molecule has 0 heterocycles. The van der Waals surface area contributed by atoms with Gasteiger partial charge in [-0.15, -0.1) is 0 Å². The number of esters is 2. The maximum Gasteiger partial charge on any atom is 0.343 e. The van der Waals surface area contributed by atoms with E-state index in [1.807, 2.05) is 18.2 Å². The largest absolute Gasteiger partial charge is 0.431 e. The van der Waals surface area contributed by atoms with Crippen LogP contribution in [-0.4, -0.2) is 11.9 Å². The van der Waals surface area contributed by atoms with Gasteiger partial charge in [0.2, 0.25) is 0 Å². The van der Waals surface area contributed by atoms with Gasteiger partial charge in [0.05, 0.1) is 17.4 Å². The van der Waals surface area contributed by atoms with Gasteiger partial charge >= 0.3 is 11.9 Å². The molecule has 0 atom stereocenters. The second-order valence-electron chi connectivity index (χ2n) is 8.05. The molecule has 4 heteroatoms. The summed E-state index contributed by atoms with van der Waals surface area (Å²) in [5.74, 6) is -0.451. The van der Waals surface area contributed by atoms with Gasteiger partial charge in [0.15, 0.2) is 0 Å². The molecular formula is C28H36O4. The van der Waals surface area contributed by atoms with Crippen molar-refractivity contribution in [2.75, 3.05) is 0 Å². The Labute approximate surface area is 192 Å². The summed E-state index contributed by atoms with van der Waals surface area (Å²) in [6.07, 6.45) is 14.9. The molecule has 2 aromatic rings. The fraction of sp³-hybridized carbons (Fsp3) is 0.429. The van der Waals surface area contributed by atoms with E-state index in [-0.39, 0.29) is 0 Å². The molecule has 0 spiro atoms. The number of benzene rings is 2. The van der Waals surface area contributed by atoms with Crippen LogP contribution in [0.4, 0.5) is 0 Å². The Morgan fingerprint density at radius 1 is 0.719 bits per heavy atom. The third-order valence-electron chi connectivity index (χ3n) is 5.30. The first-order valence-electron chi connectivity index (χ1n) is 11.9. The number of hydrogen-bond acceptors (Lipinski definition) is 4. The summed E-state index contributed by atoms with van der Waals surface area (Å²) in [4.78, 5) is 24.5. The van der Waals surface area contributed by atoms with Gasteiger partial charge in [-0.2, -0.15) is 0 Å². The first-order chi connectivity index (χ1) is 15.6. The first-order valence-corrected chi connectivity index (χ1v) is 11.9. The fourth-order valence-corrected chi connectivity index (χ4v) is 3.32.